The van der Waals surface area contributed by atoms with Crippen molar-refractivity contribution in [3.8, 4) is 0 Å². The van der Waals surface area contributed by atoms with Gasteiger partial charge in [-0.05, 0) is 35.4 Å². The predicted molar refractivity (Wildman–Crippen MR) is 87.4 cm³/mol. The second kappa shape index (κ2) is 5.48. The number of nitrogens with zero attached hydrogens (tertiary/aromatic N) is 1. The van der Waals surface area contributed by atoms with Crippen molar-refractivity contribution in [3.63, 3.8) is 0 Å². The summed E-state index contributed by atoms with van der Waals surface area (Å²) >= 11 is 6.02. The van der Waals surface area contributed by atoms with Gasteiger partial charge in [-0.2, -0.15) is 0 Å². The quantitative estimate of drug-likeness (QED) is 0.545. The Kier molecular flexibility index (Phi) is 3.53. The summed E-state index contributed by atoms with van der Waals surface area (Å²) in [6.45, 7) is 2.03. The summed E-state index contributed by atoms with van der Waals surface area (Å²) < 4.78 is 0. The molecule has 0 aliphatic carbocycles. The second-order valence-electron chi connectivity index (χ2n) is 4.76. The lowest BCUT2D eigenvalue weighted by Gasteiger charge is -2.03. The van der Waals surface area contributed by atoms with Gasteiger partial charge in [0, 0.05) is 16.8 Å². The third-order valence-electron chi connectivity index (χ3n) is 3.34. The molecule has 3 rings (SSSR count). The molecule has 3 aromatic rings. The minimum atomic E-state index is 0.709. The topological polar surface area (TPSA) is 12.4 Å². The van der Waals surface area contributed by atoms with Crippen molar-refractivity contribution in [2.45, 2.75) is 6.92 Å². The smallest absolute Gasteiger partial charge is 0.0673 e. The number of aryl methyl sites for hydroxylation is 1. The summed E-state index contributed by atoms with van der Waals surface area (Å²) in [5.41, 5.74) is 3.14. The number of aliphatic imine (C=N–C) groups is 1. The molecule has 0 aromatic heterocycles. The molecule has 0 unspecified atom stereocenters. The zero-order valence-corrected chi connectivity index (χ0v) is 11.9. The third kappa shape index (κ3) is 2.59. The summed E-state index contributed by atoms with van der Waals surface area (Å²) in [5.74, 6) is 0. The van der Waals surface area contributed by atoms with Gasteiger partial charge in [-0.1, -0.05) is 60.1 Å². The highest BCUT2D eigenvalue weighted by Crippen LogP contribution is 2.24. The maximum Gasteiger partial charge on any atom is 0.0673 e. The normalized spacial score (nSPS) is 11.3. The van der Waals surface area contributed by atoms with Crippen LogP contribution in [-0.4, -0.2) is 6.21 Å². The summed E-state index contributed by atoms with van der Waals surface area (Å²) in [6.07, 6.45) is 1.90. The van der Waals surface area contributed by atoms with E-state index < -0.39 is 0 Å². The van der Waals surface area contributed by atoms with E-state index in [0.29, 0.717) is 5.02 Å². The van der Waals surface area contributed by atoms with Gasteiger partial charge >= 0.3 is 0 Å². The Labute approximate surface area is 123 Å². The number of hydrogen-bond acceptors (Lipinski definition) is 1. The van der Waals surface area contributed by atoms with Gasteiger partial charge < -0.3 is 0 Å². The molecule has 0 fully saturated rings. The van der Waals surface area contributed by atoms with Crippen molar-refractivity contribution < 1.29 is 0 Å². The molecule has 98 valence electrons. The fourth-order valence-corrected chi connectivity index (χ4v) is 2.39. The number of halogens is 1. The van der Waals surface area contributed by atoms with Gasteiger partial charge in [0.2, 0.25) is 0 Å². The van der Waals surface area contributed by atoms with Gasteiger partial charge in [0.1, 0.15) is 0 Å². The van der Waals surface area contributed by atoms with E-state index in [1.807, 2.05) is 43.5 Å². The second-order valence-corrected chi connectivity index (χ2v) is 5.19. The van der Waals surface area contributed by atoms with E-state index in [9.17, 15) is 0 Å². The molecule has 2 heteroatoms. The fourth-order valence-electron chi connectivity index (χ4n) is 2.22. The molecule has 0 aliphatic rings. The number of benzene rings is 3. The third-order valence-corrected chi connectivity index (χ3v) is 3.57. The predicted octanol–water partition coefficient (Wildman–Crippen LogP) is 5.55. The standard InChI is InChI=1S/C18H14ClN/c1-13-9-10-16(19)11-18(13)20-12-15-7-4-6-14-5-2-3-8-17(14)15/h2-12H,1H3. The van der Waals surface area contributed by atoms with Crippen molar-refractivity contribution in [2.75, 3.05) is 0 Å². The van der Waals surface area contributed by atoms with Gasteiger partial charge in [0.15, 0.2) is 0 Å². The molecule has 0 atom stereocenters. The first kappa shape index (κ1) is 12.9. The maximum absolute atomic E-state index is 6.02. The zero-order valence-electron chi connectivity index (χ0n) is 11.2. The van der Waals surface area contributed by atoms with Crippen LogP contribution in [-0.2, 0) is 0 Å². The van der Waals surface area contributed by atoms with E-state index in [4.69, 9.17) is 11.6 Å². The Morgan fingerprint density at radius 1 is 0.950 bits per heavy atom. The van der Waals surface area contributed by atoms with E-state index in [1.165, 1.54) is 10.8 Å². The van der Waals surface area contributed by atoms with Crippen molar-refractivity contribution in [3.05, 3.63) is 76.8 Å². The summed E-state index contributed by atoms with van der Waals surface area (Å²) in [4.78, 5) is 4.58. The minimum Gasteiger partial charge on any atom is -0.256 e. The monoisotopic (exact) mass is 279 g/mol. The van der Waals surface area contributed by atoms with Gasteiger partial charge in [0.05, 0.1) is 5.69 Å². The molecule has 0 saturated carbocycles. The van der Waals surface area contributed by atoms with Gasteiger partial charge in [0.25, 0.3) is 0 Å². The lowest BCUT2D eigenvalue weighted by atomic mass is 10.1. The molecule has 1 nitrogen and oxygen atoms in total. The molecule has 0 heterocycles. The number of rotatable bonds is 2. The van der Waals surface area contributed by atoms with Crippen molar-refractivity contribution in [1.29, 1.82) is 0 Å². The van der Waals surface area contributed by atoms with Gasteiger partial charge in [-0.25, -0.2) is 0 Å². The Morgan fingerprint density at radius 2 is 1.75 bits per heavy atom. The van der Waals surface area contributed by atoms with E-state index in [2.05, 4.69) is 35.3 Å². The van der Waals surface area contributed by atoms with Gasteiger partial charge in [-0.15, -0.1) is 0 Å². The van der Waals surface area contributed by atoms with Crippen LogP contribution >= 0.6 is 11.6 Å². The highest BCUT2D eigenvalue weighted by Gasteiger charge is 1.99. The van der Waals surface area contributed by atoms with Crippen LogP contribution in [0.3, 0.4) is 0 Å². The molecule has 0 radical (unpaired) electrons. The van der Waals surface area contributed by atoms with Crippen LogP contribution in [0.25, 0.3) is 10.8 Å². The first-order chi connectivity index (χ1) is 9.74. The maximum atomic E-state index is 6.02. The average Bonchev–Trinajstić information content (AvgIpc) is 2.48. The van der Waals surface area contributed by atoms with Crippen molar-refractivity contribution in [2.24, 2.45) is 4.99 Å². The Morgan fingerprint density at radius 3 is 2.65 bits per heavy atom. The molecular weight excluding hydrogens is 266 g/mol. The fraction of sp³-hybridized carbons (Fsp3) is 0.0556. The minimum absolute atomic E-state index is 0.709. The van der Waals surface area contributed by atoms with Crippen molar-refractivity contribution >= 4 is 34.3 Å². The van der Waals surface area contributed by atoms with Crippen LogP contribution in [0.2, 0.25) is 5.02 Å². The Balaban J connectivity index is 2.05. The van der Waals surface area contributed by atoms with Crippen LogP contribution in [0.1, 0.15) is 11.1 Å². The molecule has 0 bridgehead atoms. The van der Waals surface area contributed by atoms with Crippen molar-refractivity contribution in [1.82, 2.24) is 0 Å². The highest BCUT2D eigenvalue weighted by molar-refractivity contribution is 6.30. The SMILES string of the molecule is Cc1ccc(Cl)cc1N=Cc1cccc2ccccc12. The molecular formula is C18H14ClN. The first-order valence-corrected chi connectivity index (χ1v) is 6.90. The molecule has 0 spiro atoms. The van der Waals surface area contributed by atoms with E-state index in [-0.39, 0.29) is 0 Å². The summed E-state index contributed by atoms with van der Waals surface area (Å²) in [6, 6.07) is 20.3. The Bertz CT molecular complexity index is 785. The van der Waals surface area contributed by atoms with E-state index in [1.54, 1.807) is 0 Å². The number of hydrogen-bond donors (Lipinski definition) is 0. The zero-order chi connectivity index (χ0) is 13.9. The van der Waals surface area contributed by atoms with E-state index >= 15 is 0 Å². The summed E-state index contributed by atoms with van der Waals surface area (Å²) in [5, 5.41) is 3.14. The lowest BCUT2D eigenvalue weighted by Crippen LogP contribution is -1.84. The van der Waals surface area contributed by atoms with Gasteiger partial charge in [-0.3, -0.25) is 4.99 Å². The largest absolute Gasteiger partial charge is 0.256 e. The van der Waals surface area contributed by atoms with Crippen LogP contribution in [0.5, 0.6) is 0 Å². The van der Waals surface area contributed by atoms with Crippen LogP contribution < -0.4 is 0 Å². The first-order valence-electron chi connectivity index (χ1n) is 6.52. The van der Waals surface area contributed by atoms with E-state index in [0.717, 1.165) is 16.8 Å². The molecule has 0 N–H and O–H groups in total. The molecule has 0 saturated heterocycles. The molecule has 0 aliphatic heterocycles. The Hall–Kier alpha value is -2.12. The molecule has 0 amide bonds. The summed E-state index contributed by atoms with van der Waals surface area (Å²) in [7, 11) is 0. The lowest BCUT2D eigenvalue weighted by molar-refractivity contribution is 1.40. The van der Waals surface area contributed by atoms with Crippen LogP contribution in [0, 0.1) is 6.92 Å². The average molecular weight is 280 g/mol. The molecule has 3 aromatic carbocycles. The van der Waals surface area contributed by atoms with Crippen LogP contribution in [0.4, 0.5) is 5.69 Å². The highest BCUT2D eigenvalue weighted by atomic mass is 35.5. The van der Waals surface area contributed by atoms with Crippen LogP contribution in [0.15, 0.2) is 65.7 Å². The number of fused-ring (bicyclic) bond motifs is 1. The molecule has 20 heavy (non-hydrogen) atoms.